The quantitative estimate of drug-likeness (QED) is 0.250. The molecule has 1 fully saturated rings. The lowest BCUT2D eigenvalue weighted by molar-refractivity contribution is -0.127. The first-order chi connectivity index (χ1) is 14.5. The molecule has 1 amide bonds. The molecule has 0 radical (unpaired) electrons. The van der Waals surface area contributed by atoms with Crippen molar-refractivity contribution in [2.75, 3.05) is 60.0 Å². The first kappa shape index (κ1) is 27.7. The fraction of sp³-hybridized carbons (Fsp3) is 0.727. The van der Waals surface area contributed by atoms with E-state index in [0.717, 1.165) is 57.9 Å². The van der Waals surface area contributed by atoms with Crippen molar-refractivity contribution in [1.82, 2.24) is 20.4 Å². The highest BCUT2D eigenvalue weighted by molar-refractivity contribution is 14.0. The number of carbonyl (C=O) groups excluding carboxylic acids is 1. The first-order valence-corrected chi connectivity index (χ1v) is 11.1. The Morgan fingerprint density at radius 2 is 1.94 bits per heavy atom. The lowest BCUT2D eigenvalue weighted by Gasteiger charge is -2.39. The predicted molar refractivity (Wildman–Crippen MR) is 135 cm³/mol. The van der Waals surface area contributed by atoms with E-state index in [1.807, 2.05) is 12.1 Å². The lowest BCUT2D eigenvalue weighted by Crippen LogP contribution is -2.53. The summed E-state index contributed by atoms with van der Waals surface area (Å²) in [4.78, 5) is 20.6. The number of hydrogen-bond donors (Lipinski definition) is 2. The largest absolute Gasteiger partial charge is 0.469 e. The van der Waals surface area contributed by atoms with Crippen LogP contribution in [0.5, 0.6) is 0 Å². The highest BCUT2D eigenvalue weighted by Crippen LogP contribution is 2.19. The number of guanidine groups is 1. The number of nitrogens with zero attached hydrogens (tertiary/aromatic N) is 3. The summed E-state index contributed by atoms with van der Waals surface area (Å²) in [6.45, 7) is 9.60. The van der Waals surface area contributed by atoms with Gasteiger partial charge in [0.25, 0.3) is 0 Å². The van der Waals surface area contributed by atoms with Gasteiger partial charge in [-0.25, -0.2) is 4.99 Å². The first-order valence-electron chi connectivity index (χ1n) is 11.1. The summed E-state index contributed by atoms with van der Waals surface area (Å²) in [5.41, 5.74) is 0. The van der Waals surface area contributed by atoms with Crippen molar-refractivity contribution in [3.05, 3.63) is 24.2 Å². The maximum absolute atomic E-state index is 12.0. The monoisotopic (exact) mass is 549 g/mol. The molecule has 1 atom stereocenters. The molecule has 2 rings (SSSR count). The van der Waals surface area contributed by atoms with Crippen LogP contribution in [0.4, 0.5) is 0 Å². The molecule has 1 aliphatic heterocycles. The number of morpholine rings is 1. The van der Waals surface area contributed by atoms with Crippen LogP contribution in [-0.2, 0) is 16.0 Å². The summed E-state index contributed by atoms with van der Waals surface area (Å²) < 4.78 is 11.0. The third kappa shape index (κ3) is 9.78. The van der Waals surface area contributed by atoms with Gasteiger partial charge < -0.3 is 24.7 Å². The van der Waals surface area contributed by atoms with Crippen LogP contribution in [0, 0.1) is 5.92 Å². The number of ether oxygens (including phenoxy) is 1. The van der Waals surface area contributed by atoms with Crippen molar-refractivity contribution in [2.45, 2.75) is 39.2 Å². The van der Waals surface area contributed by atoms with Gasteiger partial charge in [-0.05, 0) is 18.1 Å². The Balaban J connectivity index is 0.00000480. The van der Waals surface area contributed by atoms with Gasteiger partial charge in [0.05, 0.1) is 19.5 Å². The number of rotatable bonds is 11. The number of nitrogens with one attached hydrogen (secondary N) is 2. The van der Waals surface area contributed by atoms with Gasteiger partial charge in [-0.15, -0.1) is 24.0 Å². The van der Waals surface area contributed by atoms with Crippen molar-refractivity contribution in [2.24, 2.45) is 10.9 Å². The molecule has 0 bridgehead atoms. The van der Waals surface area contributed by atoms with Gasteiger partial charge in [0, 0.05) is 52.7 Å². The Kier molecular flexibility index (Phi) is 13.8. The van der Waals surface area contributed by atoms with Crippen molar-refractivity contribution >= 4 is 35.8 Å². The van der Waals surface area contributed by atoms with E-state index in [-0.39, 0.29) is 36.4 Å². The zero-order valence-electron chi connectivity index (χ0n) is 19.4. The Morgan fingerprint density at radius 3 is 2.52 bits per heavy atom. The summed E-state index contributed by atoms with van der Waals surface area (Å²) in [7, 11) is 3.49. The lowest BCUT2D eigenvalue weighted by atomic mass is 9.92. The van der Waals surface area contributed by atoms with Gasteiger partial charge in [-0.1, -0.05) is 26.7 Å². The highest BCUT2D eigenvalue weighted by Gasteiger charge is 2.27. The van der Waals surface area contributed by atoms with Crippen LogP contribution in [0.15, 0.2) is 27.8 Å². The molecule has 0 aromatic carbocycles. The van der Waals surface area contributed by atoms with Crippen LogP contribution >= 0.6 is 24.0 Å². The van der Waals surface area contributed by atoms with Crippen LogP contribution < -0.4 is 10.6 Å². The summed E-state index contributed by atoms with van der Waals surface area (Å²) in [5.74, 6) is 2.17. The third-order valence-electron chi connectivity index (χ3n) is 5.70. The summed E-state index contributed by atoms with van der Waals surface area (Å²) >= 11 is 0. The molecule has 1 aliphatic rings. The molecule has 1 unspecified atom stereocenters. The Morgan fingerprint density at radius 1 is 1.23 bits per heavy atom. The second kappa shape index (κ2) is 15.5. The maximum atomic E-state index is 12.0. The molecule has 1 aromatic rings. The SMILES string of the molecule is CCC(CC)C(CNC(=NCC(=O)N(C)C)NCCc1ccco1)N1CCOCC1.I. The minimum absolute atomic E-state index is 0. The maximum Gasteiger partial charge on any atom is 0.243 e. The molecule has 0 aliphatic carbocycles. The second-order valence-electron chi connectivity index (χ2n) is 7.88. The predicted octanol–water partition coefficient (Wildman–Crippen LogP) is 2.20. The van der Waals surface area contributed by atoms with Gasteiger partial charge in [0.15, 0.2) is 5.96 Å². The molecule has 178 valence electrons. The minimum atomic E-state index is -0.0214. The van der Waals surface area contributed by atoms with E-state index in [1.165, 1.54) is 0 Å². The average Bonchev–Trinajstić information content (AvgIpc) is 3.28. The van der Waals surface area contributed by atoms with Crippen LogP contribution in [0.1, 0.15) is 32.4 Å². The van der Waals surface area contributed by atoms with Crippen LogP contribution in [0.25, 0.3) is 0 Å². The van der Waals surface area contributed by atoms with Crippen LogP contribution in [-0.4, -0.2) is 87.7 Å². The van der Waals surface area contributed by atoms with Gasteiger partial charge in [-0.3, -0.25) is 9.69 Å². The number of furan rings is 1. The van der Waals surface area contributed by atoms with E-state index in [9.17, 15) is 4.79 Å². The van der Waals surface area contributed by atoms with Crippen molar-refractivity contribution in [3.63, 3.8) is 0 Å². The molecule has 0 spiro atoms. The van der Waals surface area contributed by atoms with E-state index in [0.29, 0.717) is 24.5 Å². The molecule has 2 heterocycles. The van der Waals surface area contributed by atoms with Gasteiger partial charge >= 0.3 is 0 Å². The zero-order valence-corrected chi connectivity index (χ0v) is 21.8. The van der Waals surface area contributed by atoms with Gasteiger partial charge in [-0.2, -0.15) is 0 Å². The zero-order chi connectivity index (χ0) is 21.8. The number of hydrogen-bond acceptors (Lipinski definition) is 5. The van der Waals surface area contributed by atoms with E-state index < -0.39 is 0 Å². The standard InChI is InChI=1S/C22H39N5O3.HI/c1-5-18(6-2)20(27-11-14-29-15-12-27)16-24-22(25-17-21(28)26(3)4)23-10-9-19-8-7-13-30-19;/h7-8,13,18,20H,5-6,9-12,14-17H2,1-4H3,(H2,23,24,25);1H. The molecular formula is C22H40IN5O3. The van der Waals surface area contributed by atoms with E-state index >= 15 is 0 Å². The summed E-state index contributed by atoms with van der Waals surface area (Å²) in [6, 6.07) is 4.26. The smallest absolute Gasteiger partial charge is 0.243 e. The molecule has 1 saturated heterocycles. The van der Waals surface area contributed by atoms with Gasteiger partial charge in [0.2, 0.25) is 5.91 Å². The fourth-order valence-electron chi connectivity index (χ4n) is 3.76. The van der Waals surface area contributed by atoms with Crippen molar-refractivity contribution < 1.29 is 13.9 Å². The molecule has 8 nitrogen and oxygen atoms in total. The number of halogens is 1. The number of carbonyl (C=O) groups is 1. The number of amides is 1. The highest BCUT2D eigenvalue weighted by atomic mass is 127. The van der Waals surface area contributed by atoms with Gasteiger partial charge in [0.1, 0.15) is 12.3 Å². The fourth-order valence-corrected chi connectivity index (χ4v) is 3.76. The van der Waals surface area contributed by atoms with Crippen LogP contribution in [0.3, 0.4) is 0 Å². The molecule has 2 N–H and O–H groups in total. The topological polar surface area (TPSA) is 82.3 Å². The Hall–Kier alpha value is -1.33. The summed E-state index contributed by atoms with van der Waals surface area (Å²) in [6.07, 6.45) is 4.71. The van der Waals surface area contributed by atoms with E-state index in [2.05, 4.69) is 34.4 Å². The van der Waals surface area contributed by atoms with Crippen molar-refractivity contribution in [3.8, 4) is 0 Å². The van der Waals surface area contributed by atoms with E-state index in [4.69, 9.17) is 9.15 Å². The Labute approximate surface area is 204 Å². The third-order valence-corrected chi connectivity index (χ3v) is 5.70. The van der Waals surface area contributed by atoms with Crippen molar-refractivity contribution in [1.29, 1.82) is 0 Å². The normalized spacial score (nSPS) is 16.0. The molecule has 1 aromatic heterocycles. The molecular weight excluding hydrogens is 509 g/mol. The second-order valence-corrected chi connectivity index (χ2v) is 7.88. The molecule has 9 heteroatoms. The van der Waals surface area contributed by atoms with E-state index in [1.54, 1.807) is 25.3 Å². The number of aliphatic imine (C=N–C) groups is 1. The molecule has 31 heavy (non-hydrogen) atoms. The Bertz CT molecular complexity index is 629. The minimum Gasteiger partial charge on any atom is -0.469 e. The molecule has 0 saturated carbocycles. The van der Waals surface area contributed by atoms with Crippen LogP contribution in [0.2, 0.25) is 0 Å². The number of likely N-dealkylation sites (N-methyl/N-ethyl adjacent to an activating group) is 1. The average molecular weight is 549 g/mol. The summed E-state index contributed by atoms with van der Waals surface area (Å²) in [5, 5.41) is 6.85.